The maximum atomic E-state index is 12.1. The van der Waals surface area contributed by atoms with E-state index in [0.717, 1.165) is 5.56 Å². The molecule has 0 aliphatic carbocycles. The molecule has 0 spiro atoms. The van der Waals surface area contributed by atoms with Crippen LogP contribution in [-0.2, 0) is 9.53 Å². The average molecular weight is 420 g/mol. The van der Waals surface area contributed by atoms with Crippen LogP contribution in [0.3, 0.4) is 0 Å². The highest BCUT2D eigenvalue weighted by Crippen LogP contribution is 2.36. The van der Waals surface area contributed by atoms with E-state index in [1.807, 2.05) is 6.07 Å². The second kappa shape index (κ2) is 9.05. The summed E-state index contributed by atoms with van der Waals surface area (Å²) in [5, 5.41) is 2.70. The Kier molecular flexibility index (Phi) is 6.80. The van der Waals surface area contributed by atoms with Crippen LogP contribution in [0.1, 0.15) is 15.9 Å². The van der Waals surface area contributed by atoms with Gasteiger partial charge < -0.3 is 19.5 Å². The van der Waals surface area contributed by atoms with Crippen molar-refractivity contribution in [3.05, 3.63) is 58.1 Å². The first-order valence-electron chi connectivity index (χ1n) is 7.57. The number of rotatable bonds is 6. The van der Waals surface area contributed by atoms with Gasteiger partial charge in [0.15, 0.2) is 11.5 Å². The van der Waals surface area contributed by atoms with Gasteiger partial charge in [-0.25, -0.2) is 4.79 Å². The summed E-state index contributed by atoms with van der Waals surface area (Å²) in [6, 6.07) is 10.1. The maximum absolute atomic E-state index is 12.1. The molecule has 2 rings (SSSR count). The van der Waals surface area contributed by atoms with Crippen LogP contribution in [0.5, 0.6) is 11.5 Å². The van der Waals surface area contributed by atoms with Crippen molar-refractivity contribution in [3.63, 3.8) is 0 Å². The predicted octanol–water partition coefficient (Wildman–Crippen LogP) is 3.90. The van der Waals surface area contributed by atoms with Crippen LogP contribution >= 0.6 is 15.9 Å². The topological polar surface area (TPSA) is 73.9 Å². The third-order valence-corrected chi connectivity index (χ3v) is 4.02. The summed E-state index contributed by atoms with van der Waals surface area (Å²) in [6.45, 7) is 0. The van der Waals surface area contributed by atoms with Crippen LogP contribution in [0, 0.1) is 0 Å². The lowest BCUT2D eigenvalue weighted by Gasteiger charge is -2.10. The number of hydrogen-bond acceptors (Lipinski definition) is 5. The number of hydrogen-bond donors (Lipinski definition) is 1. The van der Waals surface area contributed by atoms with E-state index in [2.05, 4.69) is 26.0 Å². The molecule has 0 aliphatic rings. The van der Waals surface area contributed by atoms with E-state index in [1.54, 1.807) is 50.6 Å². The number of carbonyl (C=O) groups excluding carboxylic acids is 2. The van der Waals surface area contributed by atoms with Crippen molar-refractivity contribution in [1.29, 1.82) is 0 Å². The molecular formula is C19H18BrNO5. The normalized spacial score (nSPS) is 10.5. The minimum atomic E-state index is -0.466. The van der Waals surface area contributed by atoms with Crippen LogP contribution in [0.25, 0.3) is 6.08 Å². The zero-order chi connectivity index (χ0) is 19.1. The number of esters is 1. The van der Waals surface area contributed by atoms with E-state index < -0.39 is 5.97 Å². The van der Waals surface area contributed by atoms with Gasteiger partial charge in [0, 0.05) is 11.8 Å². The second-order valence-electron chi connectivity index (χ2n) is 5.13. The van der Waals surface area contributed by atoms with Crippen LogP contribution in [0.2, 0.25) is 0 Å². The average Bonchev–Trinajstić information content (AvgIpc) is 2.65. The molecule has 0 aromatic heterocycles. The van der Waals surface area contributed by atoms with E-state index in [9.17, 15) is 9.59 Å². The fraction of sp³-hybridized carbons (Fsp3) is 0.158. The van der Waals surface area contributed by atoms with Gasteiger partial charge in [-0.15, -0.1) is 0 Å². The molecule has 0 saturated heterocycles. The Morgan fingerprint density at radius 3 is 2.50 bits per heavy atom. The molecule has 7 heteroatoms. The number of anilines is 1. The van der Waals surface area contributed by atoms with Gasteiger partial charge in [0.05, 0.1) is 31.4 Å². The minimum Gasteiger partial charge on any atom is -0.493 e. The van der Waals surface area contributed by atoms with Gasteiger partial charge in [0.1, 0.15) is 0 Å². The number of nitrogens with one attached hydrogen (secondary N) is 1. The van der Waals surface area contributed by atoms with Gasteiger partial charge in [-0.3, -0.25) is 4.79 Å². The van der Waals surface area contributed by atoms with Crippen LogP contribution in [0.15, 0.2) is 46.9 Å². The van der Waals surface area contributed by atoms with Gasteiger partial charge >= 0.3 is 5.97 Å². The van der Waals surface area contributed by atoms with Crippen LogP contribution in [-0.4, -0.2) is 33.2 Å². The standard InChI is InChI=1S/C19H18BrNO5/c1-24-16-10-12(9-15(20)18(16)25-2)7-8-17(22)21-14-6-4-5-13(11-14)19(23)26-3/h4-11H,1-3H3,(H,21,22)/b8-7+. The summed E-state index contributed by atoms with van der Waals surface area (Å²) in [4.78, 5) is 23.6. The minimum absolute atomic E-state index is 0.335. The Bertz CT molecular complexity index is 848. The molecule has 2 aromatic rings. The molecule has 0 bridgehead atoms. The molecule has 2 aromatic carbocycles. The molecule has 6 nitrogen and oxygen atoms in total. The smallest absolute Gasteiger partial charge is 0.337 e. The fourth-order valence-electron chi connectivity index (χ4n) is 2.23. The molecule has 0 fully saturated rings. The highest BCUT2D eigenvalue weighted by Gasteiger charge is 2.10. The third kappa shape index (κ3) is 4.86. The predicted molar refractivity (Wildman–Crippen MR) is 103 cm³/mol. The molecule has 26 heavy (non-hydrogen) atoms. The van der Waals surface area contributed by atoms with Crippen molar-refractivity contribution >= 4 is 39.6 Å². The molecule has 1 N–H and O–H groups in total. The monoisotopic (exact) mass is 419 g/mol. The van der Waals surface area contributed by atoms with E-state index in [4.69, 9.17) is 9.47 Å². The lowest BCUT2D eigenvalue weighted by molar-refractivity contribution is -0.111. The van der Waals surface area contributed by atoms with Gasteiger partial charge in [-0.2, -0.15) is 0 Å². The third-order valence-electron chi connectivity index (χ3n) is 3.43. The van der Waals surface area contributed by atoms with Crippen molar-refractivity contribution in [1.82, 2.24) is 0 Å². The molecule has 0 heterocycles. The van der Waals surface area contributed by atoms with E-state index >= 15 is 0 Å². The molecule has 0 atom stereocenters. The Hall–Kier alpha value is -2.80. The summed E-state index contributed by atoms with van der Waals surface area (Å²) in [5.41, 5.74) is 1.61. The first-order valence-corrected chi connectivity index (χ1v) is 8.36. The molecule has 0 radical (unpaired) electrons. The molecule has 0 unspecified atom stereocenters. The summed E-state index contributed by atoms with van der Waals surface area (Å²) in [5.74, 6) is 0.325. The number of ether oxygens (including phenoxy) is 3. The largest absolute Gasteiger partial charge is 0.493 e. The van der Waals surface area contributed by atoms with Crippen molar-refractivity contribution < 1.29 is 23.8 Å². The molecule has 0 aliphatic heterocycles. The molecule has 136 valence electrons. The van der Waals surface area contributed by atoms with Crippen molar-refractivity contribution in [2.45, 2.75) is 0 Å². The van der Waals surface area contributed by atoms with Gasteiger partial charge in [0.2, 0.25) is 5.91 Å². The summed E-state index contributed by atoms with van der Waals surface area (Å²) in [6.07, 6.45) is 3.03. The summed E-state index contributed by atoms with van der Waals surface area (Å²) in [7, 11) is 4.39. The molecule has 0 saturated carbocycles. The second-order valence-corrected chi connectivity index (χ2v) is 5.99. The quantitative estimate of drug-likeness (QED) is 0.567. The number of halogens is 1. The lowest BCUT2D eigenvalue weighted by Crippen LogP contribution is -2.09. The van der Waals surface area contributed by atoms with Crippen LogP contribution < -0.4 is 14.8 Å². The van der Waals surface area contributed by atoms with E-state index in [0.29, 0.717) is 27.2 Å². The maximum Gasteiger partial charge on any atom is 0.337 e. The zero-order valence-electron chi connectivity index (χ0n) is 14.5. The van der Waals surface area contributed by atoms with Crippen LogP contribution in [0.4, 0.5) is 5.69 Å². The fourth-order valence-corrected chi connectivity index (χ4v) is 2.85. The Labute approximate surface area is 159 Å². The van der Waals surface area contributed by atoms with Gasteiger partial charge in [-0.1, -0.05) is 6.07 Å². The van der Waals surface area contributed by atoms with Crippen molar-refractivity contribution in [3.8, 4) is 11.5 Å². The summed E-state index contributed by atoms with van der Waals surface area (Å²) < 4.78 is 15.9. The first-order chi connectivity index (χ1) is 12.5. The Morgan fingerprint density at radius 1 is 1.08 bits per heavy atom. The highest BCUT2D eigenvalue weighted by molar-refractivity contribution is 9.10. The number of benzene rings is 2. The first kappa shape index (κ1) is 19.5. The zero-order valence-corrected chi connectivity index (χ0v) is 16.1. The highest BCUT2D eigenvalue weighted by atomic mass is 79.9. The summed E-state index contributed by atoms with van der Waals surface area (Å²) >= 11 is 3.40. The van der Waals surface area contributed by atoms with Gasteiger partial charge in [0.25, 0.3) is 0 Å². The SMILES string of the molecule is COC(=O)c1cccc(NC(=O)/C=C/c2cc(Br)c(OC)c(OC)c2)c1. The Balaban J connectivity index is 2.13. The molecular weight excluding hydrogens is 402 g/mol. The van der Waals surface area contributed by atoms with Crippen molar-refractivity contribution in [2.75, 3.05) is 26.6 Å². The number of methoxy groups -OCH3 is 3. The van der Waals surface area contributed by atoms with Gasteiger partial charge in [-0.05, 0) is 57.9 Å². The number of carbonyl (C=O) groups is 2. The van der Waals surface area contributed by atoms with E-state index in [1.165, 1.54) is 13.2 Å². The lowest BCUT2D eigenvalue weighted by atomic mass is 10.1. The Morgan fingerprint density at radius 2 is 1.85 bits per heavy atom. The van der Waals surface area contributed by atoms with E-state index in [-0.39, 0.29) is 5.91 Å². The van der Waals surface area contributed by atoms with Crippen molar-refractivity contribution in [2.24, 2.45) is 0 Å². The number of amides is 1. The molecule has 1 amide bonds.